The van der Waals surface area contributed by atoms with Gasteiger partial charge >= 0.3 is 5.97 Å². The van der Waals surface area contributed by atoms with Gasteiger partial charge in [0.05, 0.1) is 18.6 Å². The van der Waals surface area contributed by atoms with Gasteiger partial charge in [0.1, 0.15) is 0 Å². The van der Waals surface area contributed by atoms with E-state index in [1.54, 1.807) is 0 Å². The van der Waals surface area contributed by atoms with Gasteiger partial charge in [0.15, 0.2) is 0 Å². The summed E-state index contributed by atoms with van der Waals surface area (Å²) in [5, 5.41) is 9.26. The largest absolute Gasteiger partial charge is 0.481 e. The fourth-order valence-corrected chi connectivity index (χ4v) is 2.22. The summed E-state index contributed by atoms with van der Waals surface area (Å²) >= 11 is 0. The summed E-state index contributed by atoms with van der Waals surface area (Å²) in [4.78, 5) is 11.3. The van der Waals surface area contributed by atoms with Crippen LogP contribution in [-0.2, 0) is 14.3 Å². The van der Waals surface area contributed by atoms with Crippen molar-refractivity contribution in [3.63, 3.8) is 0 Å². The van der Waals surface area contributed by atoms with E-state index in [1.165, 1.54) is 0 Å². The van der Waals surface area contributed by atoms with Crippen LogP contribution < -0.4 is 0 Å². The molecule has 14 heavy (non-hydrogen) atoms. The Balaban J connectivity index is 2.00. The first-order valence-corrected chi connectivity index (χ1v) is 5.12. The molecule has 4 heteroatoms. The molecule has 0 aromatic rings. The molecule has 0 aliphatic carbocycles. The monoisotopic (exact) mass is 200 g/mol. The van der Waals surface area contributed by atoms with Crippen LogP contribution >= 0.6 is 0 Å². The maximum atomic E-state index is 11.3. The number of aliphatic carboxylic acids is 1. The molecule has 0 aromatic heterocycles. The first-order valence-electron chi connectivity index (χ1n) is 5.12. The molecule has 80 valence electrons. The van der Waals surface area contributed by atoms with Gasteiger partial charge in [-0.3, -0.25) is 4.79 Å². The van der Waals surface area contributed by atoms with Gasteiger partial charge in [0.25, 0.3) is 0 Å². The second-order valence-electron chi connectivity index (χ2n) is 4.31. The number of carbonyl (C=O) groups is 1. The number of hydrogen-bond donors (Lipinski definition) is 1. The van der Waals surface area contributed by atoms with Crippen LogP contribution in [-0.4, -0.2) is 37.5 Å². The van der Waals surface area contributed by atoms with Gasteiger partial charge in [-0.05, 0) is 19.3 Å². The lowest BCUT2D eigenvalue weighted by Gasteiger charge is -2.38. The summed E-state index contributed by atoms with van der Waals surface area (Å²) in [5.41, 5.74) is -0.535. The molecule has 2 saturated heterocycles. The van der Waals surface area contributed by atoms with Crippen molar-refractivity contribution in [2.75, 3.05) is 26.4 Å². The fourth-order valence-electron chi connectivity index (χ4n) is 2.22. The summed E-state index contributed by atoms with van der Waals surface area (Å²) in [7, 11) is 0. The highest BCUT2D eigenvalue weighted by molar-refractivity contribution is 5.74. The molecule has 2 fully saturated rings. The first kappa shape index (κ1) is 9.93. The molecule has 0 atom stereocenters. The van der Waals surface area contributed by atoms with Crippen molar-refractivity contribution in [2.24, 2.45) is 11.3 Å². The van der Waals surface area contributed by atoms with Crippen molar-refractivity contribution in [3.8, 4) is 0 Å². The van der Waals surface area contributed by atoms with Crippen molar-refractivity contribution in [1.82, 2.24) is 0 Å². The number of carboxylic acids is 1. The quantitative estimate of drug-likeness (QED) is 0.735. The lowest BCUT2D eigenvalue weighted by atomic mass is 9.73. The lowest BCUT2D eigenvalue weighted by molar-refractivity contribution is -0.160. The van der Waals surface area contributed by atoms with Crippen molar-refractivity contribution in [2.45, 2.75) is 19.3 Å². The molecule has 1 N–H and O–H groups in total. The molecule has 0 radical (unpaired) electrons. The maximum absolute atomic E-state index is 11.3. The third-order valence-electron chi connectivity index (χ3n) is 3.29. The molecule has 0 amide bonds. The minimum Gasteiger partial charge on any atom is -0.481 e. The number of hydrogen-bond acceptors (Lipinski definition) is 3. The summed E-state index contributed by atoms with van der Waals surface area (Å²) in [6.45, 7) is 2.63. The SMILES string of the molecule is O=C(O)C1(CC2COC2)CCOCC1. The predicted molar refractivity (Wildman–Crippen MR) is 49.0 cm³/mol. The predicted octanol–water partition coefficient (Wildman–Crippen LogP) is 0.904. The van der Waals surface area contributed by atoms with E-state index >= 15 is 0 Å². The number of carboxylic acid groups (broad SMARTS) is 1. The van der Waals surface area contributed by atoms with Crippen LogP contribution in [0.4, 0.5) is 0 Å². The Bertz CT molecular complexity index is 216. The average molecular weight is 200 g/mol. The van der Waals surface area contributed by atoms with Crippen molar-refractivity contribution in [3.05, 3.63) is 0 Å². The molecule has 2 rings (SSSR count). The highest BCUT2D eigenvalue weighted by Gasteiger charge is 2.43. The molecule has 2 aliphatic rings. The van der Waals surface area contributed by atoms with Crippen LogP contribution in [0, 0.1) is 11.3 Å². The van der Waals surface area contributed by atoms with Gasteiger partial charge < -0.3 is 14.6 Å². The molecular formula is C10H16O4. The van der Waals surface area contributed by atoms with E-state index in [-0.39, 0.29) is 0 Å². The van der Waals surface area contributed by atoms with E-state index in [0.717, 1.165) is 19.6 Å². The summed E-state index contributed by atoms with van der Waals surface area (Å²) in [6, 6.07) is 0. The van der Waals surface area contributed by atoms with Crippen LogP contribution in [0.25, 0.3) is 0 Å². The Hall–Kier alpha value is -0.610. The van der Waals surface area contributed by atoms with E-state index in [0.29, 0.717) is 32.0 Å². The minimum atomic E-state index is -0.660. The van der Waals surface area contributed by atoms with E-state index in [1.807, 2.05) is 0 Å². The van der Waals surface area contributed by atoms with Gasteiger partial charge in [0, 0.05) is 19.1 Å². The number of ether oxygens (including phenoxy) is 2. The molecule has 2 heterocycles. The Morgan fingerprint density at radius 2 is 1.93 bits per heavy atom. The maximum Gasteiger partial charge on any atom is 0.309 e. The first-order chi connectivity index (χ1) is 6.73. The van der Waals surface area contributed by atoms with Gasteiger partial charge in [-0.15, -0.1) is 0 Å². The molecule has 0 saturated carbocycles. The van der Waals surface area contributed by atoms with Crippen LogP contribution in [0.5, 0.6) is 0 Å². The lowest BCUT2D eigenvalue weighted by Crippen LogP contribution is -2.42. The zero-order chi connectivity index (χ0) is 10.0. The van der Waals surface area contributed by atoms with E-state index in [4.69, 9.17) is 9.47 Å². The van der Waals surface area contributed by atoms with Crippen LogP contribution in [0.1, 0.15) is 19.3 Å². The Labute approximate surface area is 83.2 Å². The molecule has 0 unspecified atom stereocenters. The van der Waals surface area contributed by atoms with Gasteiger partial charge in [0.2, 0.25) is 0 Å². The zero-order valence-electron chi connectivity index (χ0n) is 8.20. The summed E-state index contributed by atoms with van der Waals surface area (Å²) in [6.07, 6.45) is 2.06. The van der Waals surface area contributed by atoms with E-state index in [2.05, 4.69) is 0 Å². The Morgan fingerprint density at radius 1 is 1.29 bits per heavy atom. The standard InChI is InChI=1S/C10H16O4/c11-9(12)10(1-3-13-4-2-10)5-8-6-14-7-8/h8H,1-7H2,(H,11,12). The second-order valence-corrected chi connectivity index (χ2v) is 4.31. The van der Waals surface area contributed by atoms with Gasteiger partial charge in [-0.2, -0.15) is 0 Å². The fraction of sp³-hybridized carbons (Fsp3) is 0.900. The molecular weight excluding hydrogens is 184 g/mol. The smallest absolute Gasteiger partial charge is 0.309 e. The van der Waals surface area contributed by atoms with Crippen molar-refractivity contribution in [1.29, 1.82) is 0 Å². The van der Waals surface area contributed by atoms with Gasteiger partial charge in [-0.25, -0.2) is 0 Å². The Morgan fingerprint density at radius 3 is 2.36 bits per heavy atom. The van der Waals surface area contributed by atoms with Crippen LogP contribution in [0.3, 0.4) is 0 Å². The van der Waals surface area contributed by atoms with Crippen molar-refractivity contribution >= 4 is 5.97 Å². The zero-order valence-corrected chi connectivity index (χ0v) is 8.20. The molecule has 4 nitrogen and oxygen atoms in total. The van der Waals surface area contributed by atoms with Crippen LogP contribution in [0.15, 0.2) is 0 Å². The average Bonchev–Trinajstić information content (AvgIpc) is 2.13. The summed E-state index contributed by atoms with van der Waals surface area (Å²) in [5.74, 6) is -0.211. The van der Waals surface area contributed by atoms with Crippen molar-refractivity contribution < 1.29 is 19.4 Å². The molecule has 2 aliphatic heterocycles. The number of rotatable bonds is 3. The third-order valence-corrected chi connectivity index (χ3v) is 3.29. The summed E-state index contributed by atoms with van der Waals surface area (Å²) < 4.78 is 10.3. The molecule has 0 aromatic carbocycles. The highest BCUT2D eigenvalue weighted by atomic mass is 16.5. The van der Waals surface area contributed by atoms with Gasteiger partial charge in [-0.1, -0.05) is 0 Å². The third kappa shape index (κ3) is 1.77. The Kier molecular flexibility index (Phi) is 2.74. The minimum absolute atomic E-state index is 0.448. The normalized spacial score (nSPS) is 26.9. The van der Waals surface area contributed by atoms with E-state index < -0.39 is 11.4 Å². The molecule has 0 bridgehead atoms. The topological polar surface area (TPSA) is 55.8 Å². The molecule has 0 spiro atoms. The second kappa shape index (κ2) is 3.87. The highest BCUT2D eigenvalue weighted by Crippen LogP contribution is 2.39. The van der Waals surface area contributed by atoms with E-state index in [9.17, 15) is 9.90 Å². The van der Waals surface area contributed by atoms with Crippen LogP contribution in [0.2, 0.25) is 0 Å².